The number of nitrogens with two attached hydrogens (primary N) is 1. The van der Waals surface area contributed by atoms with Crippen molar-refractivity contribution in [3.8, 4) is 0 Å². The molecule has 2 aromatic rings. The number of halogens is 2. The van der Waals surface area contributed by atoms with Crippen molar-refractivity contribution >= 4 is 21.7 Å². The van der Waals surface area contributed by atoms with Gasteiger partial charge in [-0.2, -0.15) is 0 Å². The second kappa shape index (κ2) is 6.77. The number of carbonyl (C=O) groups excluding carboxylic acids is 1. The molecule has 20 heavy (non-hydrogen) atoms. The number of rotatable bonds is 5. The zero-order valence-corrected chi connectivity index (χ0v) is 12.4. The highest BCUT2D eigenvalue weighted by Crippen LogP contribution is 2.20. The number of Topliss-reactive ketones (excluding diaryl/α,β-unsaturated/α-hetero) is 1. The minimum Gasteiger partial charge on any atom is -0.329 e. The van der Waals surface area contributed by atoms with E-state index in [4.69, 9.17) is 5.73 Å². The van der Waals surface area contributed by atoms with Gasteiger partial charge in [0.05, 0.1) is 5.92 Å². The summed E-state index contributed by atoms with van der Waals surface area (Å²) in [5.41, 5.74) is 7.26. The maximum atomic E-state index is 13.3. The van der Waals surface area contributed by atoms with Gasteiger partial charge in [-0.3, -0.25) is 4.79 Å². The van der Waals surface area contributed by atoms with E-state index in [1.165, 1.54) is 12.1 Å². The molecule has 0 saturated carbocycles. The van der Waals surface area contributed by atoms with E-state index in [0.29, 0.717) is 10.0 Å². The van der Waals surface area contributed by atoms with Gasteiger partial charge in [0.1, 0.15) is 11.6 Å². The number of hydrogen-bond donors (Lipinski definition) is 1. The molecule has 1 unspecified atom stereocenters. The average Bonchev–Trinajstić information content (AvgIpc) is 2.39. The summed E-state index contributed by atoms with van der Waals surface area (Å²) in [5, 5.41) is 0. The van der Waals surface area contributed by atoms with Crippen LogP contribution in [0.25, 0.3) is 0 Å². The summed E-state index contributed by atoms with van der Waals surface area (Å²) in [5.74, 6) is -0.708. The number of carbonyl (C=O) groups is 1. The monoisotopic (exact) mass is 335 g/mol. The predicted octanol–water partition coefficient (Wildman–Crippen LogP) is 3.44. The van der Waals surface area contributed by atoms with Crippen LogP contribution in [0.2, 0.25) is 0 Å². The van der Waals surface area contributed by atoms with Crippen molar-refractivity contribution in [3.05, 3.63) is 69.9 Å². The Labute approximate surface area is 125 Å². The van der Waals surface area contributed by atoms with Gasteiger partial charge in [0.25, 0.3) is 0 Å². The van der Waals surface area contributed by atoms with Crippen LogP contribution in [0.15, 0.2) is 53.0 Å². The molecule has 0 radical (unpaired) electrons. The molecule has 0 aliphatic rings. The topological polar surface area (TPSA) is 43.1 Å². The first-order valence-electron chi connectivity index (χ1n) is 6.33. The third-order valence-corrected chi connectivity index (χ3v) is 3.58. The van der Waals surface area contributed by atoms with Crippen molar-refractivity contribution in [2.75, 3.05) is 6.54 Å². The first-order chi connectivity index (χ1) is 9.60. The summed E-state index contributed by atoms with van der Waals surface area (Å²) in [6.07, 6.45) is 0.174. The fraction of sp³-hybridized carbons (Fsp3) is 0.188. The van der Waals surface area contributed by atoms with Gasteiger partial charge in [-0.1, -0.05) is 46.3 Å². The molecule has 0 amide bonds. The Kier molecular flexibility index (Phi) is 5.04. The molecule has 0 saturated heterocycles. The maximum Gasteiger partial charge on any atom is 0.145 e. The lowest BCUT2D eigenvalue weighted by atomic mass is 9.91. The van der Waals surface area contributed by atoms with Crippen LogP contribution in [0.1, 0.15) is 17.0 Å². The van der Waals surface area contributed by atoms with E-state index in [0.717, 1.165) is 5.56 Å². The van der Waals surface area contributed by atoms with Gasteiger partial charge < -0.3 is 5.73 Å². The summed E-state index contributed by atoms with van der Waals surface area (Å²) in [7, 11) is 0. The van der Waals surface area contributed by atoms with Gasteiger partial charge >= 0.3 is 0 Å². The van der Waals surface area contributed by atoms with E-state index >= 15 is 0 Å². The van der Waals surface area contributed by atoms with Gasteiger partial charge in [0, 0.05) is 17.4 Å². The third-order valence-electron chi connectivity index (χ3n) is 3.13. The molecule has 0 fully saturated rings. The Morgan fingerprint density at radius 2 is 1.90 bits per heavy atom. The Hall–Kier alpha value is -1.52. The maximum absolute atomic E-state index is 13.3. The normalized spacial score (nSPS) is 12.2. The van der Waals surface area contributed by atoms with E-state index in [9.17, 15) is 9.18 Å². The summed E-state index contributed by atoms with van der Waals surface area (Å²) in [6, 6.07) is 13.9. The summed E-state index contributed by atoms with van der Waals surface area (Å²) >= 11 is 3.23. The molecule has 0 aliphatic carbocycles. The molecule has 2 nitrogen and oxygen atoms in total. The number of hydrogen-bond acceptors (Lipinski definition) is 2. The van der Waals surface area contributed by atoms with Gasteiger partial charge in [-0.05, 0) is 29.3 Å². The fourth-order valence-electron chi connectivity index (χ4n) is 2.18. The average molecular weight is 336 g/mol. The molecule has 0 spiro atoms. The van der Waals surface area contributed by atoms with E-state index in [1.54, 1.807) is 6.07 Å². The summed E-state index contributed by atoms with van der Waals surface area (Å²) in [4.78, 5) is 12.3. The van der Waals surface area contributed by atoms with Gasteiger partial charge in [0.2, 0.25) is 0 Å². The van der Waals surface area contributed by atoms with E-state index in [-0.39, 0.29) is 30.5 Å². The lowest BCUT2D eigenvalue weighted by Crippen LogP contribution is -2.23. The SMILES string of the molecule is NCC(C(=O)Cc1cc(F)cc(Br)c1)c1ccccc1. The largest absolute Gasteiger partial charge is 0.329 e. The number of ketones is 1. The Bertz CT molecular complexity index is 580. The van der Waals surface area contributed by atoms with E-state index < -0.39 is 0 Å². The summed E-state index contributed by atoms with van der Waals surface area (Å²) in [6.45, 7) is 0.249. The first-order valence-corrected chi connectivity index (χ1v) is 7.12. The van der Waals surface area contributed by atoms with E-state index in [1.807, 2.05) is 30.3 Å². The van der Waals surface area contributed by atoms with E-state index in [2.05, 4.69) is 15.9 Å². The molecule has 0 aliphatic heterocycles. The van der Waals surface area contributed by atoms with Crippen LogP contribution >= 0.6 is 15.9 Å². The smallest absolute Gasteiger partial charge is 0.145 e. The molecule has 0 aromatic heterocycles. The van der Waals surface area contributed by atoms with Gasteiger partial charge in [-0.25, -0.2) is 4.39 Å². The second-order valence-corrected chi connectivity index (χ2v) is 5.54. The van der Waals surface area contributed by atoms with Crippen molar-refractivity contribution < 1.29 is 9.18 Å². The molecule has 0 bridgehead atoms. The Morgan fingerprint density at radius 3 is 2.50 bits per heavy atom. The van der Waals surface area contributed by atoms with Crippen LogP contribution in [-0.2, 0) is 11.2 Å². The quantitative estimate of drug-likeness (QED) is 0.909. The zero-order chi connectivity index (χ0) is 14.5. The Morgan fingerprint density at radius 1 is 1.20 bits per heavy atom. The van der Waals surface area contributed by atoms with Crippen molar-refractivity contribution in [2.24, 2.45) is 5.73 Å². The Balaban J connectivity index is 2.18. The second-order valence-electron chi connectivity index (χ2n) is 4.62. The standard InChI is InChI=1S/C16H15BrFNO/c17-13-6-11(7-14(18)9-13)8-16(20)15(10-19)12-4-2-1-3-5-12/h1-7,9,15H,8,10,19H2. The van der Waals surface area contributed by atoms with Crippen molar-refractivity contribution in [1.29, 1.82) is 0 Å². The lowest BCUT2D eigenvalue weighted by molar-refractivity contribution is -0.119. The van der Waals surface area contributed by atoms with Crippen LogP contribution in [0.3, 0.4) is 0 Å². The highest BCUT2D eigenvalue weighted by atomic mass is 79.9. The first kappa shape index (κ1) is 14.9. The van der Waals surface area contributed by atoms with Crippen LogP contribution in [0.4, 0.5) is 4.39 Å². The molecule has 2 rings (SSSR count). The molecule has 0 heterocycles. The summed E-state index contributed by atoms with van der Waals surface area (Å²) < 4.78 is 13.9. The van der Waals surface area contributed by atoms with Crippen molar-refractivity contribution in [2.45, 2.75) is 12.3 Å². The van der Waals surface area contributed by atoms with Crippen LogP contribution in [0, 0.1) is 5.82 Å². The highest BCUT2D eigenvalue weighted by Gasteiger charge is 2.19. The van der Waals surface area contributed by atoms with Crippen molar-refractivity contribution in [1.82, 2.24) is 0 Å². The molecule has 2 aromatic carbocycles. The molecule has 104 valence electrons. The van der Waals surface area contributed by atoms with Crippen LogP contribution in [0.5, 0.6) is 0 Å². The molecular formula is C16H15BrFNO. The minimum atomic E-state index is -0.355. The van der Waals surface area contributed by atoms with Crippen molar-refractivity contribution in [3.63, 3.8) is 0 Å². The molecule has 1 atom stereocenters. The third kappa shape index (κ3) is 3.74. The van der Waals surface area contributed by atoms with Gasteiger partial charge in [0.15, 0.2) is 0 Å². The lowest BCUT2D eigenvalue weighted by Gasteiger charge is -2.14. The van der Waals surface area contributed by atoms with Crippen LogP contribution < -0.4 is 5.73 Å². The zero-order valence-electron chi connectivity index (χ0n) is 10.9. The number of benzene rings is 2. The fourth-order valence-corrected chi connectivity index (χ4v) is 2.69. The highest BCUT2D eigenvalue weighted by molar-refractivity contribution is 9.10. The molecular weight excluding hydrogens is 321 g/mol. The molecule has 4 heteroatoms. The minimum absolute atomic E-state index is 0.00352. The van der Waals surface area contributed by atoms with Gasteiger partial charge in [-0.15, -0.1) is 0 Å². The van der Waals surface area contributed by atoms with Crippen LogP contribution in [-0.4, -0.2) is 12.3 Å². The molecule has 2 N–H and O–H groups in total. The predicted molar refractivity (Wildman–Crippen MR) is 81.0 cm³/mol.